The molecule has 0 amide bonds. The zero-order valence-electron chi connectivity index (χ0n) is 15.2. The van der Waals surface area contributed by atoms with E-state index in [9.17, 15) is 0 Å². The second-order valence-electron chi connectivity index (χ2n) is 5.62. The maximum Gasteiger partial charge on any atom is 0.226 e. The summed E-state index contributed by atoms with van der Waals surface area (Å²) >= 11 is 0. The normalized spacial score (nSPS) is 11.4. The van der Waals surface area contributed by atoms with Gasteiger partial charge >= 0.3 is 0 Å². The fourth-order valence-electron chi connectivity index (χ4n) is 2.32. The molecular formula is C18H27N5O2. The van der Waals surface area contributed by atoms with Gasteiger partial charge in [0.05, 0.1) is 7.11 Å². The van der Waals surface area contributed by atoms with Gasteiger partial charge in [-0.3, -0.25) is 4.99 Å². The lowest BCUT2D eigenvalue weighted by Gasteiger charge is -2.11. The Morgan fingerprint density at radius 2 is 2.00 bits per heavy atom. The van der Waals surface area contributed by atoms with Gasteiger partial charge in [-0.25, -0.2) is 0 Å². The third-order valence-electron chi connectivity index (χ3n) is 3.60. The highest BCUT2D eigenvalue weighted by molar-refractivity contribution is 5.79. The zero-order valence-corrected chi connectivity index (χ0v) is 15.2. The van der Waals surface area contributed by atoms with Crippen molar-refractivity contribution in [1.82, 2.24) is 20.8 Å². The fraction of sp³-hybridized carbons (Fsp3) is 0.500. The highest BCUT2D eigenvalue weighted by atomic mass is 16.5. The van der Waals surface area contributed by atoms with Gasteiger partial charge < -0.3 is 19.9 Å². The van der Waals surface area contributed by atoms with Crippen LogP contribution in [0, 0.1) is 6.92 Å². The van der Waals surface area contributed by atoms with E-state index in [0.29, 0.717) is 18.3 Å². The number of hydrogen-bond donors (Lipinski definition) is 2. The van der Waals surface area contributed by atoms with Crippen LogP contribution in [0.5, 0.6) is 5.75 Å². The minimum atomic E-state index is 0.671. The minimum absolute atomic E-state index is 0.671. The van der Waals surface area contributed by atoms with Gasteiger partial charge in [0, 0.05) is 26.1 Å². The Morgan fingerprint density at radius 1 is 1.20 bits per heavy atom. The van der Waals surface area contributed by atoms with Crippen LogP contribution in [0.25, 0.3) is 0 Å². The molecule has 2 aromatic rings. The molecule has 2 N–H and O–H groups in total. The smallest absolute Gasteiger partial charge is 0.226 e. The summed E-state index contributed by atoms with van der Waals surface area (Å²) in [7, 11) is 1.68. The lowest BCUT2D eigenvalue weighted by Crippen LogP contribution is -2.38. The summed E-state index contributed by atoms with van der Waals surface area (Å²) in [5.41, 5.74) is 1.26. The third kappa shape index (κ3) is 6.82. The summed E-state index contributed by atoms with van der Waals surface area (Å²) in [5, 5.41) is 10.4. The molecular weight excluding hydrogens is 318 g/mol. The van der Waals surface area contributed by atoms with Gasteiger partial charge in [0.15, 0.2) is 11.8 Å². The molecule has 0 saturated carbocycles. The van der Waals surface area contributed by atoms with Crippen molar-refractivity contribution >= 4 is 5.96 Å². The van der Waals surface area contributed by atoms with Crippen LogP contribution in [0.3, 0.4) is 0 Å². The first-order valence-electron chi connectivity index (χ1n) is 8.65. The van der Waals surface area contributed by atoms with Crippen LogP contribution in [0.1, 0.15) is 30.6 Å². The van der Waals surface area contributed by atoms with Crippen molar-refractivity contribution in [2.24, 2.45) is 4.99 Å². The molecule has 0 aliphatic carbocycles. The number of aryl methyl sites for hydroxylation is 2. The molecule has 0 radical (unpaired) electrons. The molecule has 0 saturated heterocycles. The molecule has 7 heteroatoms. The van der Waals surface area contributed by atoms with Crippen LogP contribution >= 0.6 is 0 Å². The van der Waals surface area contributed by atoms with Crippen molar-refractivity contribution in [3.63, 3.8) is 0 Å². The summed E-state index contributed by atoms with van der Waals surface area (Å²) in [6, 6.07) is 8.12. The number of aliphatic imine (C=N–C) groups is 1. The van der Waals surface area contributed by atoms with Crippen molar-refractivity contribution in [3.05, 3.63) is 41.5 Å². The molecule has 1 aromatic carbocycles. The summed E-state index contributed by atoms with van der Waals surface area (Å²) in [4.78, 5) is 8.77. The Bertz CT molecular complexity index is 652. The highest BCUT2D eigenvalue weighted by Crippen LogP contribution is 2.11. The average Bonchev–Trinajstić information content (AvgIpc) is 3.04. The molecule has 0 spiro atoms. The first kappa shape index (κ1) is 18.8. The van der Waals surface area contributed by atoms with E-state index in [2.05, 4.69) is 44.8 Å². The minimum Gasteiger partial charge on any atom is -0.497 e. The third-order valence-corrected chi connectivity index (χ3v) is 3.60. The fourth-order valence-corrected chi connectivity index (χ4v) is 2.32. The van der Waals surface area contributed by atoms with Gasteiger partial charge in [0.2, 0.25) is 5.89 Å². The summed E-state index contributed by atoms with van der Waals surface area (Å²) in [5.74, 6) is 3.05. The van der Waals surface area contributed by atoms with Crippen LogP contribution in [0.2, 0.25) is 0 Å². The second-order valence-corrected chi connectivity index (χ2v) is 5.62. The van der Waals surface area contributed by atoms with E-state index in [1.165, 1.54) is 5.56 Å². The Labute approximate surface area is 148 Å². The zero-order chi connectivity index (χ0) is 17.9. The number of nitrogens with one attached hydrogen (secondary N) is 2. The lowest BCUT2D eigenvalue weighted by atomic mass is 10.1. The topological polar surface area (TPSA) is 84.6 Å². The lowest BCUT2D eigenvalue weighted by molar-refractivity contribution is 0.372. The predicted octanol–water partition coefficient (Wildman–Crippen LogP) is 2.12. The van der Waals surface area contributed by atoms with Crippen molar-refractivity contribution < 1.29 is 9.26 Å². The van der Waals surface area contributed by atoms with Gasteiger partial charge in [-0.15, -0.1) is 0 Å². The van der Waals surface area contributed by atoms with Gasteiger partial charge in [-0.05, 0) is 44.4 Å². The maximum absolute atomic E-state index is 5.17. The van der Waals surface area contributed by atoms with E-state index in [0.717, 1.165) is 44.1 Å². The molecule has 1 aromatic heterocycles. The number of aromatic nitrogens is 2. The Balaban J connectivity index is 1.72. The number of benzene rings is 1. The van der Waals surface area contributed by atoms with E-state index >= 15 is 0 Å². The summed E-state index contributed by atoms with van der Waals surface area (Å²) in [6.45, 7) is 6.24. The summed E-state index contributed by atoms with van der Waals surface area (Å²) in [6.07, 6.45) is 2.54. The number of rotatable bonds is 9. The molecule has 7 nitrogen and oxygen atoms in total. The first-order chi connectivity index (χ1) is 12.2. The standard InChI is InChI=1S/C18H27N5O2/c1-4-19-18(20-12-5-6-17-22-14(2)23-25-17)21-13-11-15-7-9-16(24-3)10-8-15/h7-10H,4-6,11-13H2,1-3H3,(H2,19,20,21). The monoisotopic (exact) mass is 345 g/mol. The molecule has 0 atom stereocenters. The quantitative estimate of drug-likeness (QED) is 0.411. The van der Waals surface area contributed by atoms with Crippen LogP contribution in [0.4, 0.5) is 0 Å². The number of methoxy groups -OCH3 is 1. The SMILES string of the molecule is CCNC(=NCCCc1nc(C)no1)NCCc1ccc(OC)cc1. The van der Waals surface area contributed by atoms with Crippen molar-refractivity contribution in [2.75, 3.05) is 26.7 Å². The predicted molar refractivity (Wildman–Crippen MR) is 98.0 cm³/mol. The van der Waals surface area contributed by atoms with Crippen LogP contribution in [0.15, 0.2) is 33.8 Å². The van der Waals surface area contributed by atoms with Crippen LogP contribution in [-0.2, 0) is 12.8 Å². The van der Waals surface area contributed by atoms with Crippen molar-refractivity contribution in [1.29, 1.82) is 0 Å². The Morgan fingerprint density at radius 3 is 2.64 bits per heavy atom. The van der Waals surface area contributed by atoms with Gasteiger partial charge in [-0.2, -0.15) is 4.98 Å². The molecule has 0 fully saturated rings. The molecule has 0 aliphatic heterocycles. The van der Waals surface area contributed by atoms with Crippen molar-refractivity contribution in [3.8, 4) is 5.75 Å². The maximum atomic E-state index is 5.17. The molecule has 0 aliphatic rings. The van der Waals surface area contributed by atoms with E-state index < -0.39 is 0 Å². The molecule has 0 unspecified atom stereocenters. The van der Waals surface area contributed by atoms with Crippen LogP contribution < -0.4 is 15.4 Å². The number of nitrogens with zero attached hydrogens (tertiary/aromatic N) is 3. The van der Waals surface area contributed by atoms with Gasteiger partial charge in [-0.1, -0.05) is 17.3 Å². The first-order valence-corrected chi connectivity index (χ1v) is 8.65. The van der Waals surface area contributed by atoms with E-state index in [1.807, 2.05) is 19.1 Å². The number of ether oxygens (including phenoxy) is 1. The van der Waals surface area contributed by atoms with Crippen LogP contribution in [-0.4, -0.2) is 42.8 Å². The van der Waals surface area contributed by atoms with E-state index in [4.69, 9.17) is 9.26 Å². The Hall–Kier alpha value is -2.57. The molecule has 25 heavy (non-hydrogen) atoms. The summed E-state index contributed by atoms with van der Waals surface area (Å²) < 4.78 is 10.3. The van der Waals surface area contributed by atoms with Gasteiger partial charge in [0.25, 0.3) is 0 Å². The van der Waals surface area contributed by atoms with E-state index in [1.54, 1.807) is 7.11 Å². The second kappa shape index (κ2) is 10.3. The van der Waals surface area contributed by atoms with Gasteiger partial charge in [0.1, 0.15) is 5.75 Å². The average molecular weight is 345 g/mol. The molecule has 136 valence electrons. The van der Waals surface area contributed by atoms with E-state index in [-0.39, 0.29) is 0 Å². The molecule has 0 bridgehead atoms. The number of hydrogen-bond acceptors (Lipinski definition) is 5. The van der Waals surface area contributed by atoms with Crippen molar-refractivity contribution in [2.45, 2.75) is 33.1 Å². The molecule has 1 heterocycles. The highest BCUT2D eigenvalue weighted by Gasteiger charge is 2.02. The Kier molecular flexibility index (Phi) is 7.75. The largest absolute Gasteiger partial charge is 0.497 e. The number of guanidine groups is 1. The molecule has 2 rings (SSSR count).